The summed E-state index contributed by atoms with van der Waals surface area (Å²) in [7, 11) is 0. The predicted octanol–water partition coefficient (Wildman–Crippen LogP) is 0.527. The van der Waals surface area contributed by atoms with Crippen molar-refractivity contribution in [1.29, 1.82) is 0 Å². The van der Waals surface area contributed by atoms with Gasteiger partial charge >= 0.3 is 0 Å². The fourth-order valence-electron chi connectivity index (χ4n) is 1.43. The van der Waals surface area contributed by atoms with E-state index in [0.29, 0.717) is 6.61 Å². The number of rotatable bonds is 5. The van der Waals surface area contributed by atoms with Crippen molar-refractivity contribution in [1.82, 2.24) is 5.32 Å². The maximum absolute atomic E-state index is 8.57. The van der Waals surface area contributed by atoms with Crippen molar-refractivity contribution in [3.63, 3.8) is 0 Å². The van der Waals surface area contributed by atoms with Crippen molar-refractivity contribution in [3.8, 4) is 0 Å². The molecule has 1 heterocycles. The second-order valence-corrected chi connectivity index (χ2v) is 3.72. The van der Waals surface area contributed by atoms with Gasteiger partial charge in [0.15, 0.2) is 0 Å². The first kappa shape index (κ1) is 9.96. The Hall–Kier alpha value is -0.120. The van der Waals surface area contributed by atoms with Crippen molar-refractivity contribution in [2.24, 2.45) is 0 Å². The lowest BCUT2D eigenvalue weighted by atomic mass is 10.0. The molecule has 1 unspecified atom stereocenters. The van der Waals surface area contributed by atoms with Crippen molar-refractivity contribution < 1.29 is 9.84 Å². The van der Waals surface area contributed by atoms with Crippen LogP contribution in [0.5, 0.6) is 0 Å². The predicted molar refractivity (Wildman–Crippen MR) is 48.2 cm³/mol. The molecule has 0 spiro atoms. The van der Waals surface area contributed by atoms with Crippen LogP contribution in [0.4, 0.5) is 0 Å². The van der Waals surface area contributed by atoms with E-state index in [1.165, 1.54) is 0 Å². The van der Waals surface area contributed by atoms with Gasteiger partial charge in [-0.05, 0) is 32.7 Å². The summed E-state index contributed by atoms with van der Waals surface area (Å²) in [6.07, 6.45) is 3.04. The third kappa shape index (κ3) is 3.09. The summed E-state index contributed by atoms with van der Waals surface area (Å²) in [5.74, 6) is 0. The quantitative estimate of drug-likeness (QED) is 0.596. The minimum absolute atomic E-state index is 0.190. The second-order valence-electron chi connectivity index (χ2n) is 3.72. The maximum Gasteiger partial charge on any atom is 0.0646 e. The average Bonchev–Trinajstić information content (AvgIpc) is 2.47. The van der Waals surface area contributed by atoms with Crippen LogP contribution in [-0.2, 0) is 4.74 Å². The molecular weight excluding hydrogens is 154 g/mol. The molecule has 1 aliphatic heterocycles. The molecule has 12 heavy (non-hydrogen) atoms. The van der Waals surface area contributed by atoms with Gasteiger partial charge in [-0.15, -0.1) is 0 Å². The van der Waals surface area contributed by atoms with Crippen molar-refractivity contribution >= 4 is 0 Å². The molecule has 0 aliphatic carbocycles. The highest BCUT2D eigenvalue weighted by atomic mass is 16.5. The van der Waals surface area contributed by atoms with Gasteiger partial charge in [0.25, 0.3) is 0 Å². The van der Waals surface area contributed by atoms with E-state index >= 15 is 0 Å². The Labute approximate surface area is 74.1 Å². The minimum atomic E-state index is 0.190. The van der Waals surface area contributed by atoms with Crippen LogP contribution in [0, 0.1) is 0 Å². The Morgan fingerprint density at radius 1 is 1.50 bits per heavy atom. The lowest BCUT2D eigenvalue weighted by Crippen LogP contribution is -2.43. The molecule has 0 bridgehead atoms. The summed E-state index contributed by atoms with van der Waals surface area (Å²) in [6, 6.07) is 0. The molecule has 3 nitrogen and oxygen atoms in total. The molecule has 1 atom stereocenters. The van der Waals surface area contributed by atoms with Gasteiger partial charge in [0.1, 0.15) is 0 Å². The Morgan fingerprint density at radius 2 is 2.33 bits per heavy atom. The highest BCUT2D eigenvalue weighted by Gasteiger charge is 2.28. The summed E-state index contributed by atoms with van der Waals surface area (Å²) < 4.78 is 5.31. The topological polar surface area (TPSA) is 41.5 Å². The highest BCUT2D eigenvalue weighted by molar-refractivity contribution is 4.86. The fourth-order valence-corrected chi connectivity index (χ4v) is 1.43. The van der Waals surface area contributed by atoms with E-state index in [9.17, 15) is 0 Å². The van der Waals surface area contributed by atoms with E-state index in [1.54, 1.807) is 0 Å². The summed E-state index contributed by atoms with van der Waals surface area (Å²) >= 11 is 0. The zero-order valence-electron chi connectivity index (χ0n) is 7.81. The highest BCUT2D eigenvalue weighted by Crippen LogP contribution is 2.16. The first-order valence-electron chi connectivity index (χ1n) is 4.70. The van der Waals surface area contributed by atoms with Crippen LogP contribution in [0.15, 0.2) is 0 Å². The van der Waals surface area contributed by atoms with Gasteiger partial charge in [0, 0.05) is 18.8 Å². The smallest absolute Gasteiger partial charge is 0.0646 e. The lowest BCUT2D eigenvalue weighted by Gasteiger charge is -2.23. The monoisotopic (exact) mass is 173 g/mol. The fraction of sp³-hybridized carbons (Fsp3) is 1.00. The van der Waals surface area contributed by atoms with Crippen LogP contribution < -0.4 is 5.32 Å². The van der Waals surface area contributed by atoms with Crippen molar-refractivity contribution in [2.75, 3.05) is 26.4 Å². The van der Waals surface area contributed by atoms with Gasteiger partial charge in [0.05, 0.1) is 6.61 Å². The van der Waals surface area contributed by atoms with E-state index in [1.807, 2.05) is 0 Å². The Kier molecular flexibility index (Phi) is 3.98. The van der Waals surface area contributed by atoms with Gasteiger partial charge in [-0.2, -0.15) is 0 Å². The molecule has 0 amide bonds. The third-order valence-corrected chi connectivity index (χ3v) is 2.36. The zero-order chi connectivity index (χ0) is 8.86. The van der Waals surface area contributed by atoms with Gasteiger partial charge in [-0.25, -0.2) is 0 Å². The average molecular weight is 173 g/mol. The number of hydrogen-bond acceptors (Lipinski definition) is 3. The van der Waals surface area contributed by atoms with Crippen LogP contribution >= 0.6 is 0 Å². The molecule has 2 N–H and O–H groups in total. The number of aliphatic hydroxyl groups is 1. The number of aliphatic hydroxyl groups excluding tert-OH is 1. The molecule has 0 saturated carbocycles. The van der Waals surface area contributed by atoms with Crippen LogP contribution in [0.1, 0.15) is 26.2 Å². The Balaban J connectivity index is 2.05. The summed E-state index contributed by atoms with van der Waals surface area (Å²) in [4.78, 5) is 0. The molecule has 0 radical (unpaired) electrons. The first-order valence-corrected chi connectivity index (χ1v) is 4.70. The zero-order valence-corrected chi connectivity index (χ0v) is 7.81. The summed E-state index contributed by atoms with van der Waals surface area (Å²) in [6.45, 7) is 5.18. The number of ether oxygens (including phenoxy) is 1. The molecule has 1 saturated heterocycles. The van der Waals surface area contributed by atoms with Gasteiger partial charge < -0.3 is 15.2 Å². The standard InChI is InChI=1S/C9H19NO2/c1-9(4-7-12-8-9)10-5-2-3-6-11/h10-11H,2-8H2,1H3. The molecule has 3 heteroatoms. The van der Waals surface area contributed by atoms with Crippen LogP contribution in [-0.4, -0.2) is 37.0 Å². The first-order chi connectivity index (χ1) is 5.77. The second kappa shape index (κ2) is 4.80. The van der Waals surface area contributed by atoms with E-state index < -0.39 is 0 Å². The van der Waals surface area contributed by atoms with Crippen LogP contribution in [0.25, 0.3) is 0 Å². The van der Waals surface area contributed by atoms with Gasteiger partial charge in [-0.3, -0.25) is 0 Å². The Morgan fingerprint density at radius 3 is 2.92 bits per heavy atom. The molecule has 1 rings (SSSR count). The molecule has 72 valence electrons. The lowest BCUT2D eigenvalue weighted by molar-refractivity contribution is 0.171. The SMILES string of the molecule is CC1(NCCCCO)CCOC1. The normalized spacial score (nSPS) is 29.5. The molecule has 0 aromatic carbocycles. The molecule has 1 fully saturated rings. The number of hydrogen-bond donors (Lipinski definition) is 2. The van der Waals surface area contributed by atoms with Gasteiger partial charge in [0.2, 0.25) is 0 Å². The number of nitrogens with one attached hydrogen (secondary N) is 1. The largest absolute Gasteiger partial charge is 0.396 e. The Bertz CT molecular complexity index is 122. The summed E-state index contributed by atoms with van der Waals surface area (Å²) in [5, 5.41) is 12.0. The molecular formula is C9H19NO2. The molecule has 0 aromatic rings. The minimum Gasteiger partial charge on any atom is -0.396 e. The van der Waals surface area contributed by atoms with E-state index in [-0.39, 0.29) is 5.54 Å². The van der Waals surface area contributed by atoms with E-state index in [0.717, 1.165) is 39.0 Å². The van der Waals surface area contributed by atoms with Gasteiger partial charge in [-0.1, -0.05) is 0 Å². The molecule has 0 aromatic heterocycles. The van der Waals surface area contributed by atoms with Crippen molar-refractivity contribution in [2.45, 2.75) is 31.7 Å². The molecule has 1 aliphatic rings. The van der Waals surface area contributed by atoms with Crippen molar-refractivity contribution in [3.05, 3.63) is 0 Å². The van der Waals surface area contributed by atoms with Crippen LogP contribution in [0.3, 0.4) is 0 Å². The maximum atomic E-state index is 8.57. The summed E-state index contributed by atoms with van der Waals surface area (Å²) in [5.41, 5.74) is 0.190. The van der Waals surface area contributed by atoms with E-state index in [4.69, 9.17) is 9.84 Å². The third-order valence-electron chi connectivity index (χ3n) is 2.36. The van der Waals surface area contributed by atoms with E-state index in [2.05, 4.69) is 12.2 Å². The number of unbranched alkanes of at least 4 members (excludes halogenated alkanes) is 1. The van der Waals surface area contributed by atoms with Crippen LogP contribution in [0.2, 0.25) is 0 Å².